The number of ether oxygens (including phenoxy) is 2. The molecule has 1 saturated heterocycles. The highest BCUT2D eigenvalue weighted by Gasteiger charge is 2.22. The fraction of sp³-hybridized carbons (Fsp3) is 0.375. The van der Waals surface area contributed by atoms with Crippen LogP contribution in [-0.4, -0.2) is 58.7 Å². The summed E-state index contributed by atoms with van der Waals surface area (Å²) in [5, 5.41) is 18.8. The van der Waals surface area contributed by atoms with Crippen LogP contribution in [0.3, 0.4) is 0 Å². The number of nitrogens with zero attached hydrogens (tertiary/aromatic N) is 2. The Hall–Kier alpha value is -2.54. The van der Waals surface area contributed by atoms with Gasteiger partial charge in [-0.25, -0.2) is 0 Å². The standard InChI is InChI=1S/C24H28ClN3O3/c1-15-13-28(14-16(2)31-15)10-11-30-20-8-9-21(22(29)12-20)24-23(17(3)26-27-24)18-4-6-19(25)7-5-18/h4-9,12,15-16,29H,10-11,13-14H2,1-3H3,(H,26,27)/t15-,16-/m1/s1. The third kappa shape index (κ3) is 5.03. The Labute approximate surface area is 187 Å². The molecule has 31 heavy (non-hydrogen) atoms. The normalized spacial score (nSPS) is 19.5. The predicted molar refractivity (Wildman–Crippen MR) is 123 cm³/mol. The van der Waals surface area contributed by atoms with Crippen molar-refractivity contribution in [2.24, 2.45) is 0 Å². The molecule has 2 aromatic carbocycles. The van der Waals surface area contributed by atoms with E-state index < -0.39 is 0 Å². The van der Waals surface area contributed by atoms with Crippen LogP contribution < -0.4 is 4.74 Å². The van der Waals surface area contributed by atoms with Crippen LogP contribution in [0.15, 0.2) is 42.5 Å². The van der Waals surface area contributed by atoms with Gasteiger partial charge in [0.05, 0.1) is 12.2 Å². The summed E-state index contributed by atoms with van der Waals surface area (Å²) in [5.41, 5.74) is 4.19. The number of aromatic nitrogens is 2. The molecule has 0 spiro atoms. The lowest BCUT2D eigenvalue weighted by Gasteiger charge is -2.35. The van der Waals surface area contributed by atoms with Crippen LogP contribution in [0.5, 0.6) is 11.5 Å². The summed E-state index contributed by atoms with van der Waals surface area (Å²) in [5.74, 6) is 0.767. The maximum atomic E-state index is 10.7. The molecule has 0 radical (unpaired) electrons. The van der Waals surface area contributed by atoms with E-state index in [1.54, 1.807) is 6.07 Å². The number of rotatable bonds is 6. The summed E-state index contributed by atoms with van der Waals surface area (Å²) >= 11 is 6.03. The Morgan fingerprint density at radius 1 is 1.16 bits per heavy atom. The third-order valence-electron chi connectivity index (χ3n) is 5.48. The Kier molecular flexibility index (Phi) is 6.51. The van der Waals surface area contributed by atoms with E-state index in [1.165, 1.54) is 0 Å². The van der Waals surface area contributed by atoms with Crippen molar-refractivity contribution < 1.29 is 14.6 Å². The molecule has 0 saturated carbocycles. The number of aromatic hydroxyl groups is 1. The average molecular weight is 442 g/mol. The van der Waals surface area contributed by atoms with Gasteiger partial charge in [-0.3, -0.25) is 10.00 Å². The summed E-state index contributed by atoms with van der Waals surface area (Å²) in [4.78, 5) is 2.35. The number of benzene rings is 2. The van der Waals surface area contributed by atoms with Gasteiger partial charge >= 0.3 is 0 Å². The molecule has 6 nitrogen and oxygen atoms in total. The van der Waals surface area contributed by atoms with Crippen molar-refractivity contribution >= 4 is 11.6 Å². The van der Waals surface area contributed by atoms with E-state index in [0.29, 0.717) is 28.6 Å². The summed E-state index contributed by atoms with van der Waals surface area (Å²) in [6.45, 7) is 9.33. The van der Waals surface area contributed by atoms with Crippen molar-refractivity contribution in [3.8, 4) is 33.9 Å². The number of H-pyrrole nitrogens is 1. The van der Waals surface area contributed by atoms with E-state index in [0.717, 1.165) is 36.5 Å². The Morgan fingerprint density at radius 3 is 2.55 bits per heavy atom. The highest BCUT2D eigenvalue weighted by Crippen LogP contribution is 2.38. The van der Waals surface area contributed by atoms with Gasteiger partial charge < -0.3 is 14.6 Å². The van der Waals surface area contributed by atoms with Gasteiger partial charge in [-0.1, -0.05) is 23.7 Å². The van der Waals surface area contributed by atoms with Gasteiger partial charge in [0.1, 0.15) is 23.8 Å². The highest BCUT2D eigenvalue weighted by atomic mass is 35.5. The minimum atomic E-state index is 0.132. The van der Waals surface area contributed by atoms with Crippen LogP contribution in [0.4, 0.5) is 0 Å². The van der Waals surface area contributed by atoms with Crippen LogP contribution in [0.2, 0.25) is 5.02 Å². The molecule has 2 N–H and O–H groups in total. The van der Waals surface area contributed by atoms with Gasteiger partial charge in [0.2, 0.25) is 0 Å². The van der Waals surface area contributed by atoms with Crippen molar-refractivity contribution in [3.63, 3.8) is 0 Å². The van der Waals surface area contributed by atoms with E-state index in [1.807, 2.05) is 43.3 Å². The largest absolute Gasteiger partial charge is 0.507 e. The van der Waals surface area contributed by atoms with Gasteiger partial charge in [0, 0.05) is 47.5 Å². The first-order valence-corrected chi connectivity index (χ1v) is 10.9. The third-order valence-corrected chi connectivity index (χ3v) is 5.73. The first-order valence-electron chi connectivity index (χ1n) is 10.6. The number of hydrogen-bond donors (Lipinski definition) is 2. The fourth-order valence-corrected chi connectivity index (χ4v) is 4.28. The SMILES string of the molecule is Cc1[nH]nc(-c2ccc(OCCN3C[C@@H](C)O[C@H](C)C3)cc2O)c1-c1ccc(Cl)cc1. The van der Waals surface area contributed by atoms with Crippen LogP contribution >= 0.6 is 11.6 Å². The van der Waals surface area contributed by atoms with E-state index in [2.05, 4.69) is 28.9 Å². The van der Waals surface area contributed by atoms with Crippen molar-refractivity contribution in [2.75, 3.05) is 26.2 Å². The van der Waals surface area contributed by atoms with Crippen LogP contribution in [0.1, 0.15) is 19.5 Å². The number of aryl methyl sites for hydroxylation is 1. The molecule has 1 aromatic heterocycles. The molecule has 0 aliphatic carbocycles. The second-order valence-electron chi connectivity index (χ2n) is 8.12. The molecule has 7 heteroatoms. The van der Waals surface area contributed by atoms with Crippen molar-refractivity contribution in [3.05, 3.63) is 53.2 Å². The van der Waals surface area contributed by atoms with Gasteiger partial charge in [-0.2, -0.15) is 5.10 Å². The Bertz CT molecular complexity index is 1030. The van der Waals surface area contributed by atoms with E-state index in [9.17, 15) is 5.11 Å². The lowest BCUT2D eigenvalue weighted by Crippen LogP contribution is -2.46. The quantitative estimate of drug-likeness (QED) is 0.569. The molecule has 2 heterocycles. The van der Waals surface area contributed by atoms with Crippen molar-refractivity contribution in [1.82, 2.24) is 15.1 Å². The molecular formula is C24H28ClN3O3. The first kappa shape index (κ1) is 21.7. The van der Waals surface area contributed by atoms with Gasteiger partial charge in [-0.15, -0.1) is 0 Å². The molecule has 1 aliphatic heterocycles. The number of nitrogens with one attached hydrogen (secondary N) is 1. The zero-order valence-electron chi connectivity index (χ0n) is 18.1. The topological polar surface area (TPSA) is 70.6 Å². The highest BCUT2D eigenvalue weighted by molar-refractivity contribution is 6.30. The molecular weight excluding hydrogens is 414 g/mol. The maximum absolute atomic E-state index is 10.7. The van der Waals surface area contributed by atoms with Crippen LogP contribution in [0, 0.1) is 6.92 Å². The molecule has 0 unspecified atom stereocenters. The molecule has 164 valence electrons. The number of aromatic amines is 1. The zero-order chi connectivity index (χ0) is 22.0. The maximum Gasteiger partial charge on any atom is 0.128 e. The summed E-state index contributed by atoms with van der Waals surface area (Å²) < 4.78 is 11.7. The second kappa shape index (κ2) is 9.30. The number of halogens is 1. The van der Waals surface area contributed by atoms with Crippen molar-refractivity contribution in [1.29, 1.82) is 0 Å². The van der Waals surface area contributed by atoms with Gasteiger partial charge in [0.15, 0.2) is 0 Å². The van der Waals surface area contributed by atoms with E-state index in [4.69, 9.17) is 21.1 Å². The number of phenols is 1. The fourth-order valence-electron chi connectivity index (χ4n) is 4.15. The monoisotopic (exact) mass is 441 g/mol. The Morgan fingerprint density at radius 2 is 1.87 bits per heavy atom. The second-order valence-corrected chi connectivity index (χ2v) is 8.56. The van der Waals surface area contributed by atoms with Gasteiger partial charge in [-0.05, 0) is 50.6 Å². The zero-order valence-corrected chi connectivity index (χ0v) is 18.8. The number of morpholine rings is 1. The summed E-state index contributed by atoms with van der Waals surface area (Å²) in [7, 11) is 0. The molecule has 3 aromatic rings. The molecule has 0 amide bonds. The summed E-state index contributed by atoms with van der Waals surface area (Å²) in [6.07, 6.45) is 0.471. The molecule has 2 atom stereocenters. The van der Waals surface area contributed by atoms with E-state index in [-0.39, 0.29) is 18.0 Å². The van der Waals surface area contributed by atoms with Crippen LogP contribution in [0.25, 0.3) is 22.4 Å². The minimum Gasteiger partial charge on any atom is -0.507 e. The molecule has 0 bridgehead atoms. The van der Waals surface area contributed by atoms with Gasteiger partial charge in [0.25, 0.3) is 0 Å². The Balaban J connectivity index is 1.47. The van der Waals surface area contributed by atoms with Crippen LogP contribution in [-0.2, 0) is 4.74 Å². The first-order chi connectivity index (χ1) is 14.9. The summed E-state index contributed by atoms with van der Waals surface area (Å²) in [6, 6.07) is 13.0. The smallest absolute Gasteiger partial charge is 0.128 e. The number of phenolic OH excluding ortho intramolecular Hbond substituents is 1. The lowest BCUT2D eigenvalue weighted by molar-refractivity contribution is -0.0699. The van der Waals surface area contributed by atoms with Crippen molar-refractivity contribution in [2.45, 2.75) is 33.0 Å². The molecule has 1 fully saturated rings. The predicted octanol–water partition coefficient (Wildman–Crippen LogP) is 4.90. The lowest BCUT2D eigenvalue weighted by atomic mass is 9.99. The number of hydrogen-bond acceptors (Lipinski definition) is 5. The average Bonchev–Trinajstić information content (AvgIpc) is 3.09. The molecule has 1 aliphatic rings. The van der Waals surface area contributed by atoms with E-state index >= 15 is 0 Å². The minimum absolute atomic E-state index is 0.132. The molecule has 4 rings (SSSR count).